The second-order valence-electron chi connectivity index (χ2n) is 5.48. The predicted octanol–water partition coefficient (Wildman–Crippen LogP) is 1.69. The van der Waals surface area contributed by atoms with Gasteiger partial charge in [-0.15, -0.1) is 5.10 Å². The Hall–Kier alpha value is -2.13. The lowest BCUT2D eigenvalue weighted by Gasteiger charge is -2.08. The summed E-state index contributed by atoms with van der Waals surface area (Å²) in [6, 6.07) is 7.37. The number of benzene rings is 1. The lowest BCUT2D eigenvalue weighted by Crippen LogP contribution is -2.27. The Morgan fingerprint density at radius 2 is 2.08 bits per heavy atom. The van der Waals surface area contributed by atoms with Gasteiger partial charge in [-0.3, -0.25) is 4.79 Å². The summed E-state index contributed by atoms with van der Waals surface area (Å²) in [4.78, 5) is 11.9. The molecule has 8 nitrogen and oxygen atoms in total. The van der Waals surface area contributed by atoms with Crippen molar-refractivity contribution in [1.29, 1.82) is 0 Å². The number of nitrogens with zero attached hydrogens (tertiary/aromatic N) is 4. The third kappa shape index (κ3) is 6.35. The Morgan fingerprint density at radius 3 is 2.76 bits per heavy atom. The standard InChI is InChI=1S/C16H23N5O3S/c1-12(2)24-10-4-9-17-15(22)11-25-16-18-19-20-21(16)13-5-7-14(23-3)8-6-13/h5-8,12H,4,9-11H2,1-3H3,(H,17,22). The number of carbonyl (C=O) groups excluding carboxylic acids is 1. The van der Waals surface area contributed by atoms with Crippen LogP contribution in [0.2, 0.25) is 0 Å². The van der Waals surface area contributed by atoms with Gasteiger partial charge >= 0.3 is 0 Å². The van der Waals surface area contributed by atoms with Crippen molar-refractivity contribution in [2.24, 2.45) is 0 Å². The van der Waals surface area contributed by atoms with Crippen molar-refractivity contribution in [3.05, 3.63) is 24.3 Å². The van der Waals surface area contributed by atoms with Gasteiger partial charge in [0.05, 0.1) is 24.7 Å². The number of thioether (sulfide) groups is 1. The van der Waals surface area contributed by atoms with E-state index in [0.717, 1.165) is 17.9 Å². The summed E-state index contributed by atoms with van der Waals surface area (Å²) in [5, 5.41) is 15.0. The summed E-state index contributed by atoms with van der Waals surface area (Å²) in [5.41, 5.74) is 0.805. The van der Waals surface area contributed by atoms with Crippen LogP contribution in [0.3, 0.4) is 0 Å². The minimum Gasteiger partial charge on any atom is -0.497 e. The first-order chi connectivity index (χ1) is 12.1. The van der Waals surface area contributed by atoms with Crippen LogP contribution in [0.1, 0.15) is 20.3 Å². The molecule has 0 fully saturated rings. The fraction of sp³-hybridized carbons (Fsp3) is 0.500. The Balaban J connectivity index is 1.79. The molecule has 9 heteroatoms. The number of ether oxygens (including phenoxy) is 2. The third-order valence-electron chi connectivity index (χ3n) is 3.18. The van der Waals surface area contributed by atoms with E-state index in [-0.39, 0.29) is 17.8 Å². The van der Waals surface area contributed by atoms with E-state index >= 15 is 0 Å². The molecular weight excluding hydrogens is 342 g/mol. The van der Waals surface area contributed by atoms with Crippen molar-refractivity contribution < 1.29 is 14.3 Å². The van der Waals surface area contributed by atoms with Gasteiger partial charge in [-0.25, -0.2) is 0 Å². The number of tetrazole rings is 1. The molecule has 1 aromatic heterocycles. The molecule has 0 aliphatic carbocycles. The first-order valence-corrected chi connectivity index (χ1v) is 9.02. The number of rotatable bonds is 10. The number of amides is 1. The number of nitrogens with one attached hydrogen (secondary N) is 1. The van der Waals surface area contributed by atoms with E-state index in [1.807, 2.05) is 38.1 Å². The SMILES string of the molecule is COc1ccc(-n2nnnc2SCC(=O)NCCCOC(C)C)cc1. The van der Waals surface area contributed by atoms with E-state index < -0.39 is 0 Å². The van der Waals surface area contributed by atoms with Crippen molar-refractivity contribution >= 4 is 17.7 Å². The van der Waals surface area contributed by atoms with E-state index in [9.17, 15) is 4.79 Å². The van der Waals surface area contributed by atoms with E-state index in [0.29, 0.717) is 18.3 Å². The number of methoxy groups -OCH3 is 1. The molecule has 0 aliphatic heterocycles. The average Bonchev–Trinajstić information content (AvgIpc) is 3.08. The first-order valence-electron chi connectivity index (χ1n) is 8.04. The maximum atomic E-state index is 11.9. The second kappa shape index (κ2) is 10.00. The molecule has 1 heterocycles. The van der Waals surface area contributed by atoms with Crippen LogP contribution in [-0.2, 0) is 9.53 Å². The van der Waals surface area contributed by atoms with Crippen molar-refractivity contribution in [1.82, 2.24) is 25.5 Å². The van der Waals surface area contributed by atoms with Crippen LogP contribution in [0.4, 0.5) is 0 Å². The van der Waals surface area contributed by atoms with Crippen LogP contribution >= 0.6 is 11.8 Å². The lowest BCUT2D eigenvalue weighted by molar-refractivity contribution is -0.118. The highest BCUT2D eigenvalue weighted by Crippen LogP contribution is 2.20. The maximum absolute atomic E-state index is 11.9. The summed E-state index contributed by atoms with van der Waals surface area (Å²) in [6.07, 6.45) is 1.00. The zero-order valence-corrected chi connectivity index (χ0v) is 15.5. The zero-order chi connectivity index (χ0) is 18.1. The summed E-state index contributed by atoms with van der Waals surface area (Å²) >= 11 is 1.29. The van der Waals surface area contributed by atoms with Gasteiger partial charge in [-0.05, 0) is 55.0 Å². The third-order valence-corrected chi connectivity index (χ3v) is 4.10. The molecule has 1 amide bonds. The van der Waals surface area contributed by atoms with Crippen LogP contribution in [0.15, 0.2) is 29.4 Å². The monoisotopic (exact) mass is 365 g/mol. The first kappa shape index (κ1) is 19.2. The van der Waals surface area contributed by atoms with Gasteiger partial charge in [0.1, 0.15) is 5.75 Å². The average molecular weight is 365 g/mol. The molecule has 0 radical (unpaired) electrons. The zero-order valence-electron chi connectivity index (χ0n) is 14.6. The van der Waals surface area contributed by atoms with E-state index in [2.05, 4.69) is 20.8 Å². The largest absolute Gasteiger partial charge is 0.497 e. The molecule has 0 bridgehead atoms. The number of aromatic nitrogens is 4. The maximum Gasteiger partial charge on any atom is 0.230 e. The quantitative estimate of drug-likeness (QED) is 0.506. The summed E-state index contributed by atoms with van der Waals surface area (Å²) in [6.45, 7) is 5.21. The van der Waals surface area contributed by atoms with Crippen LogP contribution in [0.5, 0.6) is 5.75 Å². The second-order valence-corrected chi connectivity index (χ2v) is 6.43. The van der Waals surface area contributed by atoms with Crippen LogP contribution in [-0.4, -0.2) is 58.2 Å². The van der Waals surface area contributed by atoms with Crippen LogP contribution in [0.25, 0.3) is 5.69 Å². The molecule has 2 aromatic rings. The summed E-state index contributed by atoms with van der Waals surface area (Å²) < 4.78 is 12.2. The molecule has 0 unspecified atom stereocenters. The minimum absolute atomic E-state index is 0.0566. The van der Waals surface area contributed by atoms with Gasteiger partial charge in [-0.1, -0.05) is 11.8 Å². The Morgan fingerprint density at radius 1 is 1.32 bits per heavy atom. The van der Waals surface area contributed by atoms with Crippen molar-refractivity contribution in [3.8, 4) is 11.4 Å². The molecule has 0 saturated heterocycles. The highest BCUT2D eigenvalue weighted by molar-refractivity contribution is 7.99. The highest BCUT2D eigenvalue weighted by Gasteiger charge is 2.11. The van der Waals surface area contributed by atoms with Gasteiger partial charge in [-0.2, -0.15) is 4.68 Å². The summed E-state index contributed by atoms with van der Waals surface area (Å²) in [7, 11) is 1.61. The molecule has 0 saturated carbocycles. The predicted molar refractivity (Wildman–Crippen MR) is 95.1 cm³/mol. The number of hydrogen-bond donors (Lipinski definition) is 1. The topological polar surface area (TPSA) is 91.2 Å². The van der Waals surface area contributed by atoms with Crippen molar-refractivity contribution in [2.45, 2.75) is 31.5 Å². The Labute approximate surface area is 151 Å². The molecule has 1 N–H and O–H groups in total. The van der Waals surface area contributed by atoms with Gasteiger partial charge in [0.25, 0.3) is 0 Å². The Kier molecular flexibility index (Phi) is 7.68. The fourth-order valence-corrected chi connectivity index (χ4v) is 2.68. The van der Waals surface area contributed by atoms with Crippen molar-refractivity contribution in [2.75, 3.05) is 26.0 Å². The number of hydrogen-bond acceptors (Lipinski definition) is 7. The smallest absolute Gasteiger partial charge is 0.230 e. The molecule has 136 valence electrons. The van der Waals surface area contributed by atoms with Gasteiger partial charge in [0.15, 0.2) is 0 Å². The number of carbonyl (C=O) groups is 1. The molecule has 2 rings (SSSR count). The molecule has 0 aliphatic rings. The minimum atomic E-state index is -0.0566. The fourth-order valence-electron chi connectivity index (χ4n) is 1.95. The van der Waals surface area contributed by atoms with Gasteiger partial charge in [0, 0.05) is 13.2 Å². The van der Waals surface area contributed by atoms with E-state index in [1.54, 1.807) is 11.8 Å². The lowest BCUT2D eigenvalue weighted by atomic mass is 10.3. The highest BCUT2D eigenvalue weighted by atomic mass is 32.2. The van der Waals surface area contributed by atoms with Crippen LogP contribution < -0.4 is 10.1 Å². The Bertz CT molecular complexity index is 660. The molecule has 0 atom stereocenters. The molecule has 1 aromatic carbocycles. The molecule has 25 heavy (non-hydrogen) atoms. The van der Waals surface area contributed by atoms with Gasteiger partial charge < -0.3 is 14.8 Å². The van der Waals surface area contributed by atoms with Crippen LogP contribution in [0, 0.1) is 0 Å². The summed E-state index contributed by atoms with van der Waals surface area (Å²) in [5.74, 6) is 0.951. The van der Waals surface area contributed by atoms with Gasteiger partial charge in [0.2, 0.25) is 11.1 Å². The van der Waals surface area contributed by atoms with E-state index in [1.165, 1.54) is 11.8 Å². The normalized spacial score (nSPS) is 10.9. The van der Waals surface area contributed by atoms with E-state index in [4.69, 9.17) is 9.47 Å². The van der Waals surface area contributed by atoms with Crippen molar-refractivity contribution in [3.63, 3.8) is 0 Å². The molecular formula is C16H23N5O3S. The molecule has 0 spiro atoms.